The standard InChI is InChI=1S/C15H24N2O2.C2H2O4/c1-3-5-13-12-14(18-2)6-7-15(13)19-11-4-9-17-10-8-16;3-1(4)2(5)6/h3,6-7,12,17H,1,4-5,8-11,16H2,2H3;(H,3,4)(H,5,6). The van der Waals surface area contributed by atoms with E-state index in [9.17, 15) is 0 Å². The van der Waals surface area contributed by atoms with Gasteiger partial charge in [-0.1, -0.05) is 6.08 Å². The summed E-state index contributed by atoms with van der Waals surface area (Å²) in [5, 5.41) is 18.0. The summed E-state index contributed by atoms with van der Waals surface area (Å²) in [5.41, 5.74) is 6.50. The highest BCUT2D eigenvalue weighted by molar-refractivity contribution is 6.27. The molecule has 8 nitrogen and oxygen atoms in total. The Labute approximate surface area is 147 Å². The van der Waals surface area contributed by atoms with Crippen molar-refractivity contribution in [1.29, 1.82) is 0 Å². The highest BCUT2D eigenvalue weighted by Crippen LogP contribution is 2.25. The molecule has 0 radical (unpaired) electrons. The van der Waals surface area contributed by atoms with E-state index in [-0.39, 0.29) is 0 Å². The number of rotatable bonds is 10. The van der Waals surface area contributed by atoms with Crippen molar-refractivity contribution in [2.75, 3.05) is 33.4 Å². The quantitative estimate of drug-likeness (QED) is 0.277. The average molecular weight is 354 g/mol. The van der Waals surface area contributed by atoms with Crippen LogP contribution in [0, 0.1) is 0 Å². The molecule has 1 rings (SSSR count). The topological polar surface area (TPSA) is 131 Å². The van der Waals surface area contributed by atoms with Crippen LogP contribution in [-0.4, -0.2) is 55.5 Å². The molecule has 0 unspecified atom stereocenters. The first-order valence-electron chi connectivity index (χ1n) is 7.73. The van der Waals surface area contributed by atoms with Crippen LogP contribution in [0.1, 0.15) is 12.0 Å². The Morgan fingerprint density at radius 2 is 1.96 bits per heavy atom. The van der Waals surface area contributed by atoms with E-state index in [2.05, 4.69) is 11.9 Å². The van der Waals surface area contributed by atoms with Crippen molar-refractivity contribution in [2.24, 2.45) is 5.73 Å². The molecule has 1 aromatic rings. The molecule has 0 saturated carbocycles. The van der Waals surface area contributed by atoms with Gasteiger partial charge in [-0.3, -0.25) is 0 Å². The molecular formula is C17H26N2O6. The van der Waals surface area contributed by atoms with Crippen LogP contribution in [0.3, 0.4) is 0 Å². The number of hydrogen-bond donors (Lipinski definition) is 4. The fraction of sp³-hybridized carbons (Fsp3) is 0.412. The molecule has 0 aliphatic heterocycles. The van der Waals surface area contributed by atoms with E-state index < -0.39 is 11.9 Å². The third-order valence-electron chi connectivity index (χ3n) is 2.89. The van der Waals surface area contributed by atoms with Gasteiger partial charge in [-0.05, 0) is 37.6 Å². The summed E-state index contributed by atoms with van der Waals surface area (Å²) in [7, 11) is 1.66. The van der Waals surface area contributed by atoms with E-state index in [0.717, 1.165) is 43.0 Å². The van der Waals surface area contributed by atoms with Crippen molar-refractivity contribution < 1.29 is 29.3 Å². The lowest BCUT2D eigenvalue weighted by atomic mass is 10.1. The number of allylic oxidation sites excluding steroid dienone is 1. The average Bonchev–Trinajstić information content (AvgIpc) is 2.59. The molecule has 0 aliphatic rings. The molecule has 0 aromatic heterocycles. The van der Waals surface area contributed by atoms with Crippen LogP contribution in [0.15, 0.2) is 30.9 Å². The number of hydrogen-bond acceptors (Lipinski definition) is 6. The third-order valence-corrected chi connectivity index (χ3v) is 2.89. The Morgan fingerprint density at radius 3 is 2.48 bits per heavy atom. The van der Waals surface area contributed by atoms with Gasteiger partial charge in [-0.25, -0.2) is 9.59 Å². The summed E-state index contributed by atoms with van der Waals surface area (Å²) >= 11 is 0. The van der Waals surface area contributed by atoms with Gasteiger partial charge in [-0.15, -0.1) is 6.58 Å². The lowest BCUT2D eigenvalue weighted by Crippen LogP contribution is -2.24. The minimum absolute atomic E-state index is 0.669. The van der Waals surface area contributed by atoms with Gasteiger partial charge in [0.05, 0.1) is 13.7 Å². The predicted molar refractivity (Wildman–Crippen MR) is 94.2 cm³/mol. The lowest BCUT2D eigenvalue weighted by Gasteiger charge is -2.12. The largest absolute Gasteiger partial charge is 0.497 e. The Hall–Kier alpha value is -2.58. The lowest BCUT2D eigenvalue weighted by molar-refractivity contribution is -0.159. The van der Waals surface area contributed by atoms with Crippen molar-refractivity contribution in [1.82, 2.24) is 5.32 Å². The summed E-state index contributed by atoms with van der Waals surface area (Å²) in [6.45, 7) is 6.89. The number of carboxylic acid groups (broad SMARTS) is 2. The molecule has 0 fully saturated rings. The molecule has 0 bridgehead atoms. The van der Waals surface area contributed by atoms with E-state index in [0.29, 0.717) is 13.2 Å². The molecule has 0 amide bonds. The fourth-order valence-corrected chi connectivity index (χ4v) is 1.74. The maximum atomic E-state index is 9.10. The first-order chi connectivity index (χ1) is 12.0. The van der Waals surface area contributed by atoms with Gasteiger partial charge in [0.2, 0.25) is 0 Å². The van der Waals surface area contributed by atoms with Crippen molar-refractivity contribution in [3.05, 3.63) is 36.4 Å². The van der Waals surface area contributed by atoms with Crippen molar-refractivity contribution in [3.8, 4) is 11.5 Å². The normalized spacial score (nSPS) is 9.52. The molecule has 25 heavy (non-hydrogen) atoms. The van der Waals surface area contributed by atoms with Crippen LogP contribution in [0.5, 0.6) is 11.5 Å². The van der Waals surface area contributed by atoms with E-state index in [1.54, 1.807) is 7.11 Å². The third kappa shape index (κ3) is 10.7. The monoisotopic (exact) mass is 354 g/mol. The summed E-state index contributed by atoms with van der Waals surface area (Å²) in [6, 6.07) is 5.85. The molecule has 0 saturated heterocycles. The van der Waals surface area contributed by atoms with Gasteiger partial charge in [0.15, 0.2) is 0 Å². The molecular weight excluding hydrogens is 328 g/mol. The molecule has 140 valence electrons. The second-order valence-corrected chi connectivity index (χ2v) is 4.82. The molecule has 0 heterocycles. The summed E-state index contributed by atoms with van der Waals surface area (Å²) in [6.07, 6.45) is 3.60. The molecule has 0 aliphatic carbocycles. The number of methoxy groups -OCH3 is 1. The summed E-state index contributed by atoms with van der Waals surface area (Å²) in [4.78, 5) is 18.2. The van der Waals surface area contributed by atoms with Gasteiger partial charge in [0.25, 0.3) is 0 Å². The van der Waals surface area contributed by atoms with E-state index >= 15 is 0 Å². The number of carboxylic acids is 2. The van der Waals surface area contributed by atoms with Crippen LogP contribution in [0.2, 0.25) is 0 Å². The zero-order chi connectivity index (χ0) is 19.1. The Kier molecular flexibility index (Phi) is 12.4. The zero-order valence-corrected chi connectivity index (χ0v) is 14.4. The van der Waals surface area contributed by atoms with Gasteiger partial charge in [0.1, 0.15) is 11.5 Å². The fourth-order valence-electron chi connectivity index (χ4n) is 1.74. The van der Waals surface area contributed by atoms with Crippen LogP contribution in [0.4, 0.5) is 0 Å². The number of nitrogens with two attached hydrogens (primary N) is 1. The van der Waals surface area contributed by atoms with E-state index in [1.807, 2.05) is 24.3 Å². The highest BCUT2D eigenvalue weighted by Gasteiger charge is 2.05. The van der Waals surface area contributed by atoms with E-state index in [4.69, 9.17) is 35.0 Å². The number of nitrogens with one attached hydrogen (secondary N) is 1. The minimum atomic E-state index is -1.82. The van der Waals surface area contributed by atoms with Crippen LogP contribution >= 0.6 is 0 Å². The molecule has 0 atom stereocenters. The molecule has 0 spiro atoms. The Bertz CT molecular complexity index is 536. The Morgan fingerprint density at radius 1 is 1.28 bits per heavy atom. The smallest absolute Gasteiger partial charge is 0.414 e. The maximum absolute atomic E-state index is 9.10. The minimum Gasteiger partial charge on any atom is -0.497 e. The molecule has 8 heteroatoms. The SMILES string of the molecule is C=CCc1cc(OC)ccc1OCCCNCCN.O=C(O)C(=O)O. The maximum Gasteiger partial charge on any atom is 0.414 e. The number of ether oxygens (including phenoxy) is 2. The van der Waals surface area contributed by atoms with Crippen molar-refractivity contribution in [2.45, 2.75) is 12.8 Å². The van der Waals surface area contributed by atoms with Crippen LogP contribution < -0.4 is 20.5 Å². The predicted octanol–water partition coefficient (Wildman–Crippen LogP) is 0.897. The highest BCUT2D eigenvalue weighted by atomic mass is 16.5. The number of aliphatic carboxylic acids is 2. The van der Waals surface area contributed by atoms with Gasteiger partial charge in [-0.2, -0.15) is 0 Å². The van der Waals surface area contributed by atoms with Crippen LogP contribution in [-0.2, 0) is 16.0 Å². The van der Waals surface area contributed by atoms with Crippen molar-refractivity contribution >= 4 is 11.9 Å². The molecule has 5 N–H and O–H groups in total. The van der Waals surface area contributed by atoms with Gasteiger partial charge < -0.3 is 30.7 Å². The van der Waals surface area contributed by atoms with E-state index in [1.165, 1.54) is 0 Å². The number of benzene rings is 1. The zero-order valence-electron chi connectivity index (χ0n) is 14.4. The van der Waals surface area contributed by atoms with Gasteiger partial charge >= 0.3 is 11.9 Å². The number of carbonyl (C=O) groups is 2. The second kappa shape index (κ2) is 13.8. The molecule has 1 aromatic carbocycles. The summed E-state index contributed by atoms with van der Waals surface area (Å²) < 4.78 is 11.0. The van der Waals surface area contributed by atoms with Gasteiger partial charge in [0, 0.05) is 18.7 Å². The summed E-state index contributed by atoms with van der Waals surface area (Å²) in [5.74, 6) is -1.90. The second-order valence-electron chi connectivity index (χ2n) is 4.82. The van der Waals surface area contributed by atoms with Crippen LogP contribution in [0.25, 0.3) is 0 Å². The first kappa shape index (κ1) is 22.4. The first-order valence-corrected chi connectivity index (χ1v) is 7.73. The van der Waals surface area contributed by atoms with Crippen molar-refractivity contribution in [3.63, 3.8) is 0 Å². The Balaban J connectivity index is 0.000000823.